The second kappa shape index (κ2) is 6.62. The van der Waals surface area contributed by atoms with Crippen LogP contribution in [0.4, 0.5) is 0 Å². The fourth-order valence-corrected chi connectivity index (χ4v) is 2.56. The molecule has 1 fully saturated rings. The summed E-state index contributed by atoms with van der Waals surface area (Å²) in [6, 6.07) is 8.97. The first-order valence-electron chi connectivity index (χ1n) is 6.56. The summed E-state index contributed by atoms with van der Waals surface area (Å²) in [6.07, 6.45) is -6.02. The molecule has 1 saturated heterocycles. The van der Waals surface area contributed by atoms with Gasteiger partial charge in [0.15, 0.2) is 0 Å². The molecule has 6 nitrogen and oxygen atoms in total. The third-order valence-corrected chi connectivity index (χ3v) is 3.75. The predicted octanol–water partition coefficient (Wildman–Crippen LogP) is -1.40. The number of ether oxygens (including phenoxy) is 1. The van der Waals surface area contributed by atoms with E-state index in [0.29, 0.717) is 0 Å². The van der Waals surface area contributed by atoms with Crippen molar-refractivity contribution >= 4 is 0 Å². The molecule has 0 aliphatic carbocycles. The Morgan fingerprint density at radius 2 is 1.60 bits per heavy atom. The maximum Gasteiger partial charge on any atom is 0.111 e. The van der Waals surface area contributed by atoms with Crippen molar-refractivity contribution in [3.05, 3.63) is 35.9 Å². The lowest BCUT2D eigenvalue weighted by Gasteiger charge is -2.42. The second-order valence-electron chi connectivity index (χ2n) is 4.99. The lowest BCUT2D eigenvalue weighted by atomic mass is 9.84. The van der Waals surface area contributed by atoms with Crippen LogP contribution in [-0.4, -0.2) is 69.3 Å². The third kappa shape index (κ3) is 2.85. The molecular weight excluding hydrogens is 264 g/mol. The highest BCUT2D eigenvalue weighted by atomic mass is 16.5. The van der Waals surface area contributed by atoms with Gasteiger partial charge in [-0.1, -0.05) is 30.3 Å². The molecule has 1 aromatic rings. The van der Waals surface area contributed by atoms with Crippen molar-refractivity contribution in [1.29, 1.82) is 0 Å². The Balaban J connectivity index is 2.24. The first kappa shape index (κ1) is 15.4. The Morgan fingerprint density at radius 3 is 2.15 bits per heavy atom. The first-order valence-corrected chi connectivity index (χ1v) is 6.56. The lowest BCUT2D eigenvalue weighted by Crippen LogP contribution is -2.60. The Labute approximate surface area is 116 Å². The van der Waals surface area contributed by atoms with Crippen LogP contribution in [0.25, 0.3) is 0 Å². The van der Waals surface area contributed by atoms with Crippen LogP contribution in [0.2, 0.25) is 0 Å². The summed E-state index contributed by atoms with van der Waals surface area (Å²) >= 11 is 0. The van der Waals surface area contributed by atoms with E-state index in [4.69, 9.17) is 9.84 Å². The van der Waals surface area contributed by atoms with Crippen LogP contribution < -0.4 is 0 Å². The summed E-state index contributed by atoms with van der Waals surface area (Å²) in [7, 11) is 0. The Hall–Kier alpha value is -1.02. The van der Waals surface area contributed by atoms with Crippen LogP contribution in [0.15, 0.2) is 30.3 Å². The van der Waals surface area contributed by atoms with E-state index in [-0.39, 0.29) is 6.61 Å². The van der Waals surface area contributed by atoms with E-state index in [2.05, 4.69) is 0 Å². The minimum Gasteiger partial charge on any atom is -0.396 e. The topological polar surface area (TPSA) is 110 Å². The van der Waals surface area contributed by atoms with Crippen LogP contribution in [0, 0.1) is 0 Å². The third-order valence-electron chi connectivity index (χ3n) is 3.75. The molecule has 112 valence electrons. The quantitative estimate of drug-likeness (QED) is 0.465. The smallest absolute Gasteiger partial charge is 0.111 e. The number of hydrogen-bond acceptors (Lipinski definition) is 6. The molecule has 5 N–H and O–H groups in total. The van der Waals surface area contributed by atoms with Gasteiger partial charge < -0.3 is 30.3 Å². The van der Waals surface area contributed by atoms with Crippen molar-refractivity contribution in [2.45, 2.75) is 36.4 Å². The standard InChI is InChI=1S/C14H20O6/c15-6-9(8-4-2-1-3-5-8)14-13(19)12(18)11(17)10(7-16)20-14/h1-5,9-19H,6-7H2/t9?,10-,11+,12+,13-,14+/m1/s1. The van der Waals surface area contributed by atoms with Crippen LogP contribution in [0.1, 0.15) is 11.5 Å². The van der Waals surface area contributed by atoms with Gasteiger partial charge in [-0.15, -0.1) is 0 Å². The molecule has 0 amide bonds. The van der Waals surface area contributed by atoms with Crippen molar-refractivity contribution in [3.63, 3.8) is 0 Å². The van der Waals surface area contributed by atoms with Gasteiger partial charge in [-0.2, -0.15) is 0 Å². The zero-order chi connectivity index (χ0) is 14.7. The van der Waals surface area contributed by atoms with Gasteiger partial charge >= 0.3 is 0 Å². The molecule has 20 heavy (non-hydrogen) atoms. The van der Waals surface area contributed by atoms with Crippen LogP contribution >= 0.6 is 0 Å². The van der Waals surface area contributed by atoms with E-state index in [1.807, 2.05) is 6.07 Å². The SMILES string of the molecule is OCC(c1ccccc1)[C@@H]1O[C@H](CO)[C@H](O)[C@H](O)[C@H]1O. The number of hydrogen-bond donors (Lipinski definition) is 5. The average molecular weight is 284 g/mol. The summed E-state index contributed by atoms with van der Waals surface area (Å²) in [6.45, 7) is -0.763. The lowest BCUT2D eigenvalue weighted by molar-refractivity contribution is -0.236. The molecule has 1 aromatic carbocycles. The van der Waals surface area contributed by atoms with Gasteiger partial charge in [0.05, 0.1) is 19.3 Å². The molecule has 0 radical (unpaired) electrons. The van der Waals surface area contributed by atoms with Gasteiger partial charge in [0.25, 0.3) is 0 Å². The number of benzene rings is 1. The van der Waals surface area contributed by atoms with E-state index in [1.165, 1.54) is 0 Å². The molecular formula is C14H20O6. The minimum atomic E-state index is -1.43. The summed E-state index contributed by atoms with van der Waals surface area (Å²) in [5.41, 5.74) is 0.749. The van der Waals surface area contributed by atoms with Gasteiger partial charge in [0, 0.05) is 5.92 Å². The Bertz CT molecular complexity index is 409. The molecule has 2 rings (SSSR count). The van der Waals surface area contributed by atoms with E-state index in [9.17, 15) is 20.4 Å². The number of aliphatic hydroxyl groups excluding tert-OH is 5. The molecule has 0 bridgehead atoms. The van der Waals surface area contributed by atoms with E-state index < -0.39 is 43.0 Å². The highest BCUT2D eigenvalue weighted by Crippen LogP contribution is 2.31. The van der Waals surface area contributed by atoms with E-state index in [0.717, 1.165) is 5.56 Å². The normalized spacial score (nSPS) is 35.8. The van der Waals surface area contributed by atoms with Crippen molar-refractivity contribution < 1.29 is 30.3 Å². The summed E-state index contributed by atoms with van der Waals surface area (Å²) in [4.78, 5) is 0. The number of aliphatic hydroxyl groups is 5. The maximum atomic E-state index is 10.1. The molecule has 1 aliphatic rings. The molecule has 1 heterocycles. The predicted molar refractivity (Wildman–Crippen MR) is 70.0 cm³/mol. The summed E-state index contributed by atoms with van der Waals surface area (Å²) < 4.78 is 5.47. The Kier molecular flexibility index (Phi) is 5.09. The van der Waals surface area contributed by atoms with Gasteiger partial charge in [-0.3, -0.25) is 0 Å². The van der Waals surface area contributed by atoms with E-state index in [1.54, 1.807) is 24.3 Å². The van der Waals surface area contributed by atoms with Crippen LogP contribution in [-0.2, 0) is 4.74 Å². The van der Waals surface area contributed by atoms with Gasteiger partial charge in [-0.05, 0) is 5.56 Å². The van der Waals surface area contributed by atoms with Crippen molar-refractivity contribution in [3.8, 4) is 0 Å². The van der Waals surface area contributed by atoms with Crippen molar-refractivity contribution in [2.75, 3.05) is 13.2 Å². The largest absolute Gasteiger partial charge is 0.396 e. The average Bonchev–Trinajstić information content (AvgIpc) is 2.49. The summed E-state index contributed by atoms with van der Waals surface area (Å²) in [5.74, 6) is -0.553. The highest BCUT2D eigenvalue weighted by Gasteiger charge is 2.46. The highest BCUT2D eigenvalue weighted by molar-refractivity contribution is 5.22. The molecule has 0 aromatic heterocycles. The van der Waals surface area contributed by atoms with E-state index >= 15 is 0 Å². The molecule has 6 atom stereocenters. The fourth-order valence-electron chi connectivity index (χ4n) is 2.56. The van der Waals surface area contributed by atoms with Gasteiger partial charge in [0.2, 0.25) is 0 Å². The molecule has 6 heteroatoms. The van der Waals surface area contributed by atoms with Crippen molar-refractivity contribution in [2.24, 2.45) is 0 Å². The summed E-state index contributed by atoms with van der Waals surface area (Å²) in [5, 5.41) is 48.3. The second-order valence-corrected chi connectivity index (χ2v) is 4.99. The first-order chi connectivity index (χ1) is 9.60. The zero-order valence-corrected chi connectivity index (χ0v) is 10.9. The van der Waals surface area contributed by atoms with Crippen LogP contribution in [0.3, 0.4) is 0 Å². The molecule has 0 spiro atoms. The molecule has 0 saturated carbocycles. The fraction of sp³-hybridized carbons (Fsp3) is 0.571. The number of rotatable bonds is 4. The molecule has 1 aliphatic heterocycles. The minimum absolute atomic E-state index is 0.285. The monoisotopic (exact) mass is 284 g/mol. The Morgan fingerprint density at radius 1 is 0.950 bits per heavy atom. The van der Waals surface area contributed by atoms with Gasteiger partial charge in [0.1, 0.15) is 24.4 Å². The van der Waals surface area contributed by atoms with Gasteiger partial charge in [-0.25, -0.2) is 0 Å². The van der Waals surface area contributed by atoms with Crippen molar-refractivity contribution in [1.82, 2.24) is 0 Å². The zero-order valence-electron chi connectivity index (χ0n) is 10.9. The molecule has 1 unspecified atom stereocenters. The van der Waals surface area contributed by atoms with Crippen LogP contribution in [0.5, 0.6) is 0 Å². The maximum absolute atomic E-state index is 10.1.